The fraction of sp³-hybridized carbons (Fsp3) is 0.548. The molecule has 2 amide bonds. The molecule has 0 saturated heterocycles. The van der Waals surface area contributed by atoms with E-state index in [1.165, 1.54) is 32.1 Å². The van der Waals surface area contributed by atoms with Crippen LogP contribution in [0.4, 0.5) is 0 Å². The molecule has 8 nitrogen and oxygen atoms in total. The van der Waals surface area contributed by atoms with Gasteiger partial charge in [0.2, 0.25) is 11.8 Å². The zero-order valence-electron chi connectivity index (χ0n) is 23.4. The fourth-order valence-electron chi connectivity index (χ4n) is 4.28. The summed E-state index contributed by atoms with van der Waals surface area (Å²) < 4.78 is 0. The molecule has 0 aliphatic heterocycles. The summed E-state index contributed by atoms with van der Waals surface area (Å²) in [6.07, 6.45) is 9.74. The Hall–Kier alpha value is -3.10. The number of aryl methyl sites for hydroxylation is 2. The zero-order valence-corrected chi connectivity index (χ0v) is 23.4. The maximum Gasteiger partial charge on any atom is 0.220 e. The summed E-state index contributed by atoms with van der Waals surface area (Å²) in [6.45, 7) is 5.17. The Labute approximate surface area is 234 Å². The van der Waals surface area contributed by atoms with Gasteiger partial charge in [-0.25, -0.2) is 0 Å². The van der Waals surface area contributed by atoms with Gasteiger partial charge in [0, 0.05) is 25.9 Å². The summed E-state index contributed by atoms with van der Waals surface area (Å²) in [4.78, 5) is 23.9. The molecular weight excluding hydrogens is 492 g/mol. The van der Waals surface area contributed by atoms with Crippen molar-refractivity contribution in [3.8, 4) is 11.5 Å². The van der Waals surface area contributed by atoms with Gasteiger partial charge in [-0.3, -0.25) is 9.59 Å². The average Bonchev–Trinajstić information content (AvgIpc) is 2.93. The van der Waals surface area contributed by atoms with Crippen molar-refractivity contribution in [1.29, 1.82) is 0 Å². The molecule has 216 valence electrons. The normalized spacial score (nSPS) is 10.9. The van der Waals surface area contributed by atoms with Crippen LogP contribution in [0.25, 0.3) is 0 Å². The Morgan fingerprint density at radius 1 is 0.513 bits per heavy atom. The molecule has 0 heterocycles. The molecule has 39 heavy (non-hydrogen) atoms. The number of aromatic hydroxyl groups is 2. The lowest BCUT2D eigenvalue weighted by Crippen LogP contribution is -2.27. The molecule has 0 bridgehead atoms. The first-order valence-electron chi connectivity index (χ1n) is 14.5. The van der Waals surface area contributed by atoms with E-state index >= 15 is 0 Å². The van der Waals surface area contributed by atoms with Crippen LogP contribution in [-0.4, -0.2) is 61.3 Å². The number of hydrogen-bond donors (Lipinski definition) is 6. The van der Waals surface area contributed by atoms with E-state index < -0.39 is 0 Å². The van der Waals surface area contributed by atoms with Crippen molar-refractivity contribution in [2.45, 2.75) is 70.6 Å². The highest BCUT2D eigenvalue weighted by atomic mass is 16.3. The van der Waals surface area contributed by atoms with E-state index in [1.54, 1.807) is 24.3 Å². The number of phenols is 2. The monoisotopic (exact) mass is 540 g/mol. The highest BCUT2D eigenvalue weighted by Gasteiger charge is 2.06. The number of carbonyl (C=O) groups excluding carboxylic acids is 2. The van der Waals surface area contributed by atoms with Crippen LogP contribution in [-0.2, 0) is 22.4 Å². The lowest BCUT2D eigenvalue weighted by atomic mass is 10.1. The molecule has 6 N–H and O–H groups in total. The number of hydrogen-bond acceptors (Lipinski definition) is 6. The van der Waals surface area contributed by atoms with Crippen LogP contribution in [0, 0.1) is 0 Å². The SMILES string of the molecule is O=C(CCc1ccccc1O)NCCCNCCCCCCCNCCCNC(=O)CCc1ccccc1O. The number of rotatable bonds is 22. The molecule has 0 aliphatic rings. The second-order valence-electron chi connectivity index (χ2n) is 9.93. The Kier molecular flexibility index (Phi) is 17.1. The first-order valence-corrected chi connectivity index (χ1v) is 14.5. The molecular formula is C31H48N4O4. The molecule has 0 aliphatic carbocycles. The van der Waals surface area contributed by atoms with Crippen LogP contribution >= 0.6 is 0 Å². The number of carbonyl (C=O) groups is 2. The summed E-state index contributed by atoms with van der Waals surface area (Å²) in [5.41, 5.74) is 1.62. The van der Waals surface area contributed by atoms with Gasteiger partial charge in [0.1, 0.15) is 11.5 Å². The minimum atomic E-state index is 0.0246. The number of amides is 2. The molecule has 0 aromatic heterocycles. The summed E-state index contributed by atoms with van der Waals surface area (Å²) in [5, 5.41) is 32.3. The number of phenolic OH excluding ortho intramolecular Hbond substituents is 2. The van der Waals surface area contributed by atoms with E-state index in [9.17, 15) is 19.8 Å². The Balaban J connectivity index is 1.27. The van der Waals surface area contributed by atoms with E-state index in [0.29, 0.717) is 38.8 Å². The van der Waals surface area contributed by atoms with Crippen molar-refractivity contribution in [3.63, 3.8) is 0 Å². The van der Waals surface area contributed by atoms with Gasteiger partial charge in [0.25, 0.3) is 0 Å². The predicted octanol–water partition coefficient (Wildman–Crippen LogP) is 3.81. The maximum atomic E-state index is 11.9. The lowest BCUT2D eigenvalue weighted by molar-refractivity contribution is -0.121. The van der Waals surface area contributed by atoms with Crippen LogP contribution in [0.1, 0.15) is 68.9 Å². The van der Waals surface area contributed by atoms with Gasteiger partial charge in [0.05, 0.1) is 0 Å². The van der Waals surface area contributed by atoms with Crippen molar-refractivity contribution in [1.82, 2.24) is 21.3 Å². The van der Waals surface area contributed by atoms with Crippen molar-refractivity contribution in [2.24, 2.45) is 0 Å². The van der Waals surface area contributed by atoms with Gasteiger partial charge in [-0.15, -0.1) is 0 Å². The number of nitrogens with one attached hydrogen (secondary N) is 4. The van der Waals surface area contributed by atoms with Crippen LogP contribution in [0.5, 0.6) is 11.5 Å². The predicted molar refractivity (Wildman–Crippen MR) is 157 cm³/mol. The van der Waals surface area contributed by atoms with Crippen molar-refractivity contribution < 1.29 is 19.8 Å². The summed E-state index contributed by atoms with van der Waals surface area (Å²) in [7, 11) is 0. The van der Waals surface area contributed by atoms with Gasteiger partial charge in [-0.05, 0) is 88.0 Å². The standard InChI is InChI=1S/C31H48N4O4/c36-28-14-6-4-12-26(28)16-18-30(38)34-24-10-22-32-20-8-2-1-3-9-21-33-23-11-25-35-31(39)19-17-27-13-5-7-15-29(27)37/h4-7,12-15,32-33,36-37H,1-3,8-11,16-25H2,(H,34,38)(H,35,39). The van der Waals surface area contributed by atoms with Crippen LogP contribution in [0.3, 0.4) is 0 Å². The molecule has 0 radical (unpaired) electrons. The van der Waals surface area contributed by atoms with E-state index in [2.05, 4.69) is 21.3 Å². The topological polar surface area (TPSA) is 123 Å². The van der Waals surface area contributed by atoms with E-state index in [-0.39, 0.29) is 23.3 Å². The molecule has 0 spiro atoms. The quantitative estimate of drug-likeness (QED) is 0.126. The first kappa shape index (κ1) is 32.1. The van der Waals surface area contributed by atoms with Gasteiger partial charge in [-0.2, -0.15) is 0 Å². The molecule has 0 atom stereocenters. The van der Waals surface area contributed by atoms with Gasteiger partial charge >= 0.3 is 0 Å². The minimum absolute atomic E-state index is 0.0246. The van der Waals surface area contributed by atoms with E-state index in [1.807, 2.05) is 24.3 Å². The van der Waals surface area contributed by atoms with E-state index in [4.69, 9.17) is 0 Å². The molecule has 2 aromatic rings. The Morgan fingerprint density at radius 3 is 1.33 bits per heavy atom. The van der Waals surface area contributed by atoms with Crippen LogP contribution in [0.2, 0.25) is 0 Å². The molecule has 2 rings (SSSR count). The zero-order chi connectivity index (χ0) is 28.0. The largest absolute Gasteiger partial charge is 0.508 e. The smallest absolute Gasteiger partial charge is 0.220 e. The average molecular weight is 541 g/mol. The maximum absolute atomic E-state index is 11.9. The van der Waals surface area contributed by atoms with Crippen molar-refractivity contribution in [3.05, 3.63) is 59.7 Å². The number of benzene rings is 2. The van der Waals surface area contributed by atoms with Gasteiger partial charge < -0.3 is 31.5 Å². The van der Waals surface area contributed by atoms with E-state index in [0.717, 1.165) is 50.1 Å². The lowest BCUT2D eigenvalue weighted by Gasteiger charge is -2.08. The fourth-order valence-corrected chi connectivity index (χ4v) is 4.28. The van der Waals surface area contributed by atoms with Gasteiger partial charge in [-0.1, -0.05) is 55.7 Å². The third kappa shape index (κ3) is 15.8. The molecule has 8 heteroatoms. The third-order valence-corrected chi connectivity index (χ3v) is 6.64. The summed E-state index contributed by atoms with van der Waals surface area (Å²) >= 11 is 0. The Morgan fingerprint density at radius 2 is 0.897 bits per heavy atom. The number of para-hydroxylation sites is 2. The molecule has 2 aromatic carbocycles. The van der Waals surface area contributed by atoms with Gasteiger partial charge in [0.15, 0.2) is 0 Å². The third-order valence-electron chi connectivity index (χ3n) is 6.64. The first-order chi connectivity index (χ1) is 19.1. The minimum Gasteiger partial charge on any atom is -0.508 e. The van der Waals surface area contributed by atoms with Crippen LogP contribution in [0.15, 0.2) is 48.5 Å². The summed E-state index contributed by atoms with van der Waals surface area (Å²) in [6, 6.07) is 14.3. The van der Waals surface area contributed by atoms with Crippen molar-refractivity contribution in [2.75, 3.05) is 39.3 Å². The highest BCUT2D eigenvalue weighted by Crippen LogP contribution is 2.17. The highest BCUT2D eigenvalue weighted by molar-refractivity contribution is 5.76. The number of unbranched alkanes of at least 4 members (excludes halogenated alkanes) is 4. The molecule has 0 fully saturated rings. The molecule has 0 saturated carbocycles. The second kappa shape index (κ2) is 20.8. The van der Waals surface area contributed by atoms with Crippen LogP contribution < -0.4 is 21.3 Å². The molecule has 0 unspecified atom stereocenters. The van der Waals surface area contributed by atoms with Crippen molar-refractivity contribution >= 4 is 11.8 Å². The summed E-state index contributed by atoms with van der Waals surface area (Å²) in [5.74, 6) is 0.549. The second-order valence-corrected chi connectivity index (χ2v) is 9.93. The Bertz CT molecular complexity index is 878.